The minimum atomic E-state index is -0.573. The van der Waals surface area contributed by atoms with Gasteiger partial charge in [-0.1, -0.05) is 26.3 Å². The van der Waals surface area contributed by atoms with Crippen molar-refractivity contribution in [3.8, 4) is 0 Å². The zero-order valence-electron chi connectivity index (χ0n) is 20.4. The molecule has 2 amide bonds. The monoisotopic (exact) mass is 456 g/mol. The molecule has 5 heteroatoms. The Morgan fingerprint density at radius 2 is 1.94 bits per heavy atom. The van der Waals surface area contributed by atoms with Crippen LogP contribution < -0.4 is 5.32 Å². The van der Waals surface area contributed by atoms with Crippen LogP contribution in [0.2, 0.25) is 0 Å². The Morgan fingerprint density at radius 3 is 2.66 bits per heavy atom. The van der Waals surface area contributed by atoms with E-state index in [1.165, 1.54) is 38.5 Å². The molecule has 176 valence electrons. The molecule has 2 heterocycles. The van der Waals surface area contributed by atoms with Crippen molar-refractivity contribution in [3.63, 3.8) is 0 Å². The van der Waals surface area contributed by atoms with E-state index >= 15 is 0 Å². The summed E-state index contributed by atoms with van der Waals surface area (Å²) in [4.78, 5) is 30.0. The number of likely N-dealkylation sites (tertiary alicyclic amines) is 1. The van der Waals surface area contributed by atoms with Crippen molar-refractivity contribution < 1.29 is 9.59 Å². The highest BCUT2D eigenvalue weighted by atomic mass is 32.1. The molecule has 3 aliphatic carbocycles. The molecule has 4 nitrogen and oxygen atoms in total. The summed E-state index contributed by atoms with van der Waals surface area (Å²) in [5.74, 6) is 1.59. The van der Waals surface area contributed by atoms with Crippen LogP contribution >= 0.6 is 11.3 Å². The van der Waals surface area contributed by atoms with Gasteiger partial charge in [0.1, 0.15) is 5.92 Å². The number of hydrogen-bond donors (Lipinski definition) is 1. The van der Waals surface area contributed by atoms with Gasteiger partial charge in [0.2, 0.25) is 11.8 Å². The Labute approximate surface area is 197 Å². The lowest BCUT2D eigenvalue weighted by atomic mass is 9.47. The first-order valence-corrected chi connectivity index (χ1v) is 13.6. The molecule has 5 rings (SSSR count). The van der Waals surface area contributed by atoms with Gasteiger partial charge in [-0.25, -0.2) is 0 Å². The first kappa shape index (κ1) is 22.4. The number of amides is 2. The second kappa shape index (κ2) is 7.58. The summed E-state index contributed by atoms with van der Waals surface area (Å²) < 4.78 is 0. The largest absolute Gasteiger partial charge is 0.346 e. The summed E-state index contributed by atoms with van der Waals surface area (Å²) in [6, 6.07) is 4.35. The van der Waals surface area contributed by atoms with Gasteiger partial charge >= 0.3 is 0 Å². The molecular formula is C27H40N2O2S. The summed E-state index contributed by atoms with van der Waals surface area (Å²) in [6.45, 7) is 9.03. The van der Waals surface area contributed by atoms with E-state index in [4.69, 9.17) is 0 Å². The van der Waals surface area contributed by atoms with Gasteiger partial charge in [-0.2, -0.15) is 0 Å². The van der Waals surface area contributed by atoms with E-state index in [-0.39, 0.29) is 23.3 Å². The van der Waals surface area contributed by atoms with Gasteiger partial charge in [0.15, 0.2) is 0 Å². The predicted octanol–water partition coefficient (Wildman–Crippen LogP) is 5.58. The molecule has 0 spiro atoms. The summed E-state index contributed by atoms with van der Waals surface area (Å²) in [5.41, 5.74) is 0.0975. The average molecular weight is 457 g/mol. The molecular weight excluding hydrogens is 416 g/mol. The van der Waals surface area contributed by atoms with E-state index < -0.39 is 11.5 Å². The Kier molecular flexibility index (Phi) is 5.31. The van der Waals surface area contributed by atoms with Gasteiger partial charge in [0.25, 0.3) is 0 Å². The zero-order valence-corrected chi connectivity index (χ0v) is 21.3. The maximum absolute atomic E-state index is 13.5. The van der Waals surface area contributed by atoms with Crippen molar-refractivity contribution in [1.82, 2.24) is 10.2 Å². The van der Waals surface area contributed by atoms with Gasteiger partial charge in [0.05, 0.1) is 5.54 Å². The normalized spacial score (nSPS) is 41.6. The van der Waals surface area contributed by atoms with Crippen molar-refractivity contribution in [2.75, 3.05) is 7.05 Å². The molecule has 1 aromatic heterocycles. The molecule has 1 aromatic rings. The van der Waals surface area contributed by atoms with Crippen LogP contribution in [0.4, 0.5) is 0 Å². The third kappa shape index (κ3) is 3.28. The standard InChI is InChI=1S/C27H40N2O2S/c1-25(2,22-9-7-15-32-22)28-23(30)18-16-27(4)20-12-14-26(3)13-6-8-19(26)17(20)10-11-21(27)29(5)24(18)31/h7,9,15,17-21H,6,8,10-14,16H2,1-5H3,(H,28,30)/t17-,18?,19-,20+,21?,26-,27+/m0/s1. The number of rotatable bonds is 3. The maximum atomic E-state index is 13.5. The summed E-state index contributed by atoms with van der Waals surface area (Å²) in [6.07, 6.45) is 9.80. The van der Waals surface area contributed by atoms with Gasteiger partial charge in [-0.05, 0) is 98.8 Å². The Balaban J connectivity index is 1.41. The van der Waals surface area contributed by atoms with Crippen LogP contribution in [0.1, 0.15) is 83.9 Å². The zero-order chi connectivity index (χ0) is 22.9. The van der Waals surface area contributed by atoms with Crippen molar-refractivity contribution >= 4 is 23.2 Å². The van der Waals surface area contributed by atoms with E-state index in [0.29, 0.717) is 17.8 Å². The average Bonchev–Trinajstić information content (AvgIpc) is 3.40. The molecule has 0 bridgehead atoms. The minimum Gasteiger partial charge on any atom is -0.346 e. The highest BCUT2D eigenvalue weighted by Gasteiger charge is 2.61. The number of fused-ring (bicyclic) bond motifs is 5. The second-order valence-electron chi connectivity index (χ2n) is 12.4. The Bertz CT molecular complexity index is 895. The smallest absolute Gasteiger partial charge is 0.235 e. The number of hydrogen-bond acceptors (Lipinski definition) is 3. The lowest BCUT2D eigenvalue weighted by Gasteiger charge is -2.62. The number of carbonyl (C=O) groups excluding carboxylic acids is 2. The van der Waals surface area contributed by atoms with Gasteiger partial charge in [0, 0.05) is 18.0 Å². The van der Waals surface area contributed by atoms with Gasteiger partial charge in [-0.3, -0.25) is 9.59 Å². The third-order valence-corrected chi connectivity index (χ3v) is 11.4. The molecule has 0 aromatic carbocycles. The van der Waals surface area contributed by atoms with E-state index in [9.17, 15) is 9.59 Å². The molecule has 7 atom stereocenters. The number of carbonyl (C=O) groups is 2. The van der Waals surface area contributed by atoms with E-state index in [2.05, 4.69) is 25.2 Å². The van der Waals surface area contributed by atoms with Crippen LogP contribution in [0.15, 0.2) is 17.5 Å². The number of nitrogens with zero attached hydrogens (tertiary/aromatic N) is 1. The first-order valence-electron chi connectivity index (χ1n) is 12.7. The second-order valence-corrected chi connectivity index (χ2v) is 13.3. The fourth-order valence-electron chi connectivity index (χ4n) is 8.57. The molecule has 4 aliphatic rings. The van der Waals surface area contributed by atoms with E-state index in [1.807, 2.05) is 37.2 Å². The molecule has 1 N–H and O–H groups in total. The number of piperidine rings is 1. The molecule has 0 radical (unpaired) electrons. The van der Waals surface area contributed by atoms with E-state index in [0.717, 1.165) is 23.1 Å². The molecule has 4 fully saturated rings. The summed E-state index contributed by atoms with van der Waals surface area (Å²) in [7, 11) is 1.96. The van der Waals surface area contributed by atoms with Crippen LogP contribution in [0.3, 0.4) is 0 Å². The highest BCUT2D eigenvalue weighted by molar-refractivity contribution is 7.10. The third-order valence-electron chi connectivity index (χ3n) is 10.2. The van der Waals surface area contributed by atoms with Crippen LogP contribution in [-0.2, 0) is 15.1 Å². The van der Waals surface area contributed by atoms with Crippen molar-refractivity contribution in [2.24, 2.45) is 34.5 Å². The van der Waals surface area contributed by atoms with Gasteiger partial charge in [-0.15, -0.1) is 11.3 Å². The fraction of sp³-hybridized carbons (Fsp3) is 0.778. The summed E-state index contributed by atoms with van der Waals surface area (Å²) in [5, 5.41) is 5.27. The molecule has 1 saturated heterocycles. The molecule has 3 saturated carbocycles. The van der Waals surface area contributed by atoms with Crippen LogP contribution in [0.5, 0.6) is 0 Å². The number of thiophene rings is 1. The quantitative estimate of drug-likeness (QED) is 0.604. The number of nitrogens with one attached hydrogen (secondary N) is 1. The lowest BCUT2D eigenvalue weighted by Crippen LogP contribution is -2.65. The minimum absolute atomic E-state index is 0.0203. The topological polar surface area (TPSA) is 49.4 Å². The van der Waals surface area contributed by atoms with Crippen LogP contribution in [0, 0.1) is 34.5 Å². The predicted molar refractivity (Wildman–Crippen MR) is 129 cm³/mol. The fourth-order valence-corrected chi connectivity index (χ4v) is 9.38. The molecule has 32 heavy (non-hydrogen) atoms. The highest BCUT2D eigenvalue weighted by Crippen LogP contribution is 2.65. The van der Waals surface area contributed by atoms with Crippen LogP contribution in [-0.4, -0.2) is 29.8 Å². The molecule has 2 unspecified atom stereocenters. The molecule has 1 aliphatic heterocycles. The Morgan fingerprint density at radius 1 is 1.16 bits per heavy atom. The SMILES string of the molecule is CN1C(=O)C(C(=O)NC(C)(C)c2cccs2)C[C@@]2(C)C1CC[C@@H]1[C@H]2CC[C@]2(C)CCC[C@@H]12. The van der Waals surface area contributed by atoms with Crippen LogP contribution in [0.25, 0.3) is 0 Å². The first-order chi connectivity index (χ1) is 15.1. The Hall–Kier alpha value is -1.36. The van der Waals surface area contributed by atoms with Gasteiger partial charge < -0.3 is 10.2 Å². The maximum Gasteiger partial charge on any atom is 0.235 e. The van der Waals surface area contributed by atoms with Crippen molar-refractivity contribution in [1.29, 1.82) is 0 Å². The van der Waals surface area contributed by atoms with Crippen molar-refractivity contribution in [3.05, 3.63) is 22.4 Å². The summed E-state index contributed by atoms with van der Waals surface area (Å²) >= 11 is 1.65. The lowest BCUT2D eigenvalue weighted by molar-refractivity contribution is -0.169. The van der Waals surface area contributed by atoms with Crippen molar-refractivity contribution in [2.45, 2.75) is 90.6 Å². The van der Waals surface area contributed by atoms with E-state index in [1.54, 1.807) is 11.3 Å².